The molecule has 1 aromatic carbocycles. The van der Waals surface area contributed by atoms with Crippen molar-refractivity contribution >= 4 is 11.9 Å². The lowest BCUT2D eigenvalue weighted by molar-refractivity contribution is 0.0779. The molecule has 0 spiro atoms. The fourth-order valence-electron chi connectivity index (χ4n) is 1.99. The zero-order chi connectivity index (χ0) is 15.9. The van der Waals surface area contributed by atoms with Crippen LogP contribution in [-0.2, 0) is 6.54 Å². The Hall–Kier alpha value is -2.43. The molecule has 1 aromatic heterocycles. The monoisotopic (exact) mass is 298 g/mol. The van der Waals surface area contributed by atoms with Crippen LogP contribution in [-0.4, -0.2) is 33.9 Å². The Morgan fingerprint density at radius 1 is 1.27 bits per heavy atom. The average Bonchev–Trinajstić information content (AvgIpc) is 2.55. The summed E-state index contributed by atoms with van der Waals surface area (Å²) in [7, 11) is 1.78. The van der Waals surface area contributed by atoms with Crippen molar-refractivity contribution in [1.29, 1.82) is 0 Å². The highest BCUT2D eigenvalue weighted by Gasteiger charge is 2.14. The van der Waals surface area contributed by atoms with Gasteiger partial charge in [0.15, 0.2) is 0 Å². The summed E-state index contributed by atoms with van der Waals surface area (Å²) in [5.41, 5.74) is 1.49. The van der Waals surface area contributed by atoms with Crippen LogP contribution in [0.1, 0.15) is 36.3 Å². The largest absolute Gasteiger partial charge is 0.352 e. The summed E-state index contributed by atoms with van der Waals surface area (Å²) < 4.78 is 0. The maximum atomic E-state index is 12.5. The average molecular weight is 298 g/mol. The first-order chi connectivity index (χ1) is 10.6. The highest BCUT2D eigenvalue weighted by Crippen LogP contribution is 2.09. The van der Waals surface area contributed by atoms with E-state index in [1.165, 1.54) is 0 Å². The first kappa shape index (κ1) is 15.9. The third-order valence-corrected chi connectivity index (χ3v) is 3.47. The number of hydrogen-bond donors (Lipinski definition) is 1. The van der Waals surface area contributed by atoms with Crippen LogP contribution < -0.4 is 5.32 Å². The summed E-state index contributed by atoms with van der Waals surface area (Å²) in [5.74, 6) is 0.381. The van der Waals surface area contributed by atoms with E-state index in [0.717, 1.165) is 12.0 Å². The highest BCUT2D eigenvalue weighted by molar-refractivity contribution is 5.92. The van der Waals surface area contributed by atoms with Crippen molar-refractivity contribution in [3.05, 3.63) is 53.9 Å². The number of carbonyl (C=O) groups is 1. The second kappa shape index (κ2) is 7.54. The standard InChI is InChI=1S/C17H22N4O/c1-4-13(2)19-17-18-11-10-15(20-17)16(22)21(3)12-14-8-6-5-7-9-14/h5-11,13H,4,12H2,1-3H3,(H,18,19,20). The van der Waals surface area contributed by atoms with E-state index in [1.54, 1.807) is 24.2 Å². The molecule has 0 fully saturated rings. The van der Waals surface area contributed by atoms with Crippen LogP contribution in [0, 0.1) is 0 Å². The Bertz CT molecular complexity index is 615. The molecule has 2 rings (SSSR count). The van der Waals surface area contributed by atoms with Gasteiger partial charge in [-0.15, -0.1) is 0 Å². The number of hydrogen-bond acceptors (Lipinski definition) is 4. The molecule has 0 aliphatic rings. The van der Waals surface area contributed by atoms with Crippen molar-refractivity contribution in [2.45, 2.75) is 32.9 Å². The molecule has 5 nitrogen and oxygen atoms in total. The molecule has 1 atom stereocenters. The van der Waals surface area contributed by atoms with Gasteiger partial charge in [0.1, 0.15) is 5.69 Å². The Morgan fingerprint density at radius 3 is 2.68 bits per heavy atom. The first-order valence-corrected chi connectivity index (χ1v) is 7.49. The first-order valence-electron chi connectivity index (χ1n) is 7.49. The number of amides is 1. The van der Waals surface area contributed by atoms with Gasteiger partial charge in [-0.3, -0.25) is 4.79 Å². The number of rotatable bonds is 6. The number of benzene rings is 1. The maximum absolute atomic E-state index is 12.5. The molecule has 0 bridgehead atoms. The van der Waals surface area contributed by atoms with Crippen LogP contribution in [0.5, 0.6) is 0 Å². The molecule has 0 aliphatic carbocycles. The van der Waals surface area contributed by atoms with Crippen LogP contribution >= 0.6 is 0 Å². The van der Waals surface area contributed by atoms with Gasteiger partial charge in [0, 0.05) is 25.8 Å². The summed E-state index contributed by atoms with van der Waals surface area (Å²) in [4.78, 5) is 22.6. The van der Waals surface area contributed by atoms with Gasteiger partial charge in [0.05, 0.1) is 0 Å². The molecule has 22 heavy (non-hydrogen) atoms. The van der Waals surface area contributed by atoms with E-state index in [-0.39, 0.29) is 11.9 Å². The van der Waals surface area contributed by atoms with Gasteiger partial charge < -0.3 is 10.2 Å². The van der Waals surface area contributed by atoms with Crippen molar-refractivity contribution in [2.75, 3.05) is 12.4 Å². The molecule has 1 unspecified atom stereocenters. The van der Waals surface area contributed by atoms with Crippen LogP contribution in [0.3, 0.4) is 0 Å². The molecular weight excluding hydrogens is 276 g/mol. The third-order valence-electron chi connectivity index (χ3n) is 3.47. The van der Waals surface area contributed by atoms with Crippen LogP contribution in [0.15, 0.2) is 42.6 Å². The second-order valence-corrected chi connectivity index (χ2v) is 5.37. The van der Waals surface area contributed by atoms with Crippen LogP contribution in [0.25, 0.3) is 0 Å². The molecule has 0 saturated heterocycles. The van der Waals surface area contributed by atoms with E-state index < -0.39 is 0 Å². The quantitative estimate of drug-likeness (QED) is 0.890. The predicted octanol–water partition coefficient (Wildman–Crippen LogP) is 2.96. The van der Waals surface area contributed by atoms with Gasteiger partial charge in [-0.25, -0.2) is 9.97 Å². The number of aromatic nitrogens is 2. The lowest BCUT2D eigenvalue weighted by Crippen LogP contribution is -2.27. The van der Waals surface area contributed by atoms with E-state index in [4.69, 9.17) is 0 Å². The number of nitrogens with zero attached hydrogens (tertiary/aromatic N) is 3. The Balaban J connectivity index is 2.07. The SMILES string of the molecule is CCC(C)Nc1nccc(C(=O)N(C)Cc2ccccc2)n1. The zero-order valence-corrected chi connectivity index (χ0v) is 13.3. The van der Waals surface area contributed by atoms with Gasteiger partial charge in [0.25, 0.3) is 5.91 Å². The van der Waals surface area contributed by atoms with Crippen molar-refractivity contribution in [1.82, 2.24) is 14.9 Å². The normalized spacial score (nSPS) is 11.8. The molecule has 1 amide bonds. The molecule has 116 valence electrons. The predicted molar refractivity (Wildman–Crippen MR) is 87.6 cm³/mol. The number of nitrogens with one attached hydrogen (secondary N) is 1. The minimum Gasteiger partial charge on any atom is -0.352 e. The van der Waals surface area contributed by atoms with Gasteiger partial charge in [-0.2, -0.15) is 0 Å². The summed E-state index contributed by atoms with van der Waals surface area (Å²) in [6, 6.07) is 11.8. The molecule has 1 heterocycles. The van der Waals surface area contributed by atoms with Crippen molar-refractivity contribution in [3.63, 3.8) is 0 Å². The van der Waals surface area contributed by atoms with E-state index in [0.29, 0.717) is 18.2 Å². The van der Waals surface area contributed by atoms with Gasteiger partial charge in [0.2, 0.25) is 5.95 Å². The van der Waals surface area contributed by atoms with E-state index in [1.807, 2.05) is 30.3 Å². The molecule has 2 aromatic rings. The molecule has 0 radical (unpaired) electrons. The third kappa shape index (κ3) is 4.28. The minimum absolute atomic E-state index is 0.113. The van der Waals surface area contributed by atoms with E-state index in [2.05, 4.69) is 29.1 Å². The Labute approximate surface area is 131 Å². The maximum Gasteiger partial charge on any atom is 0.272 e. The summed E-state index contributed by atoms with van der Waals surface area (Å²) in [5, 5.41) is 3.18. The Morgan fingerprint density at radius 2 is 2.00 bits per heavy atom. The molecule has 5 heteroatoms. The number of carbonyl (C=O) groups excluding carboxylic acids is 1. The molecule has 0 saturated carbocycles. The van der Waals surface area contributed by atoms with Gasteiger partial charge in [-0.1, -0.05) is 37.3 Å². The second-order valence-electron chi connectivity index (χ2n) is 5.37. The molecule has 0 aliphatic heterocycles. The molecular formula is C17H22N4O. The lowest BCUT2D eigenvalue weighted by Gasteiger charge is -2.17. The zero-order valence-electron chi connectivity index (χ0n) is 13.3. The van der Waals surface area contributed by atoms with Crippen molar-refractivity contribution < 1.29 is 4.79 Å². The van der Waals surface area contributed by atoms with Crippen molar-refractivity contribution in [2.24, 2.45) is 0 Å². The summed E-state index contributed by atoms with van der Waals surface area (Å²) in [6.45, 7) is 4.69. The topological polar surface area (TPSA) is 58.1 Å². The van der Waals surface area contributed by atoms with E-state index >= 15 is 0 Å². The summed E-state index contributed by atoms with van der Waals surface area (Å²) >= 11 is 0. The smallest absolute Gasteiger partial charge is 0.272 e. The fourth-order valence-corrected chi connectivity index (χ4v) is 1.99. The Kier molecular flexibility index (Phi) is 5.47. The van der Waals surface area contributed by atoms with E-state index in [9.17, 15) is 4.79 Å². The van der Waals surface area contributed by atoms with Crippen LogP contribution in [0.2, 0.25) is 0 Å². The number of anilines is 1. The minimum atomic E-state index is -0.113. The van der Waals surface area contributed by atoms with Gasteiger partial charge >= 0.3 is 0 Å². The fraction of sp³-hybridized carbons (Fsp3) is 0.353. The van der Waals surface area contributed by atoms with Gasteiger partial charge in [-0.05, 0) is 25.0 Å². The van der Waals surface area contributed by atoms with Crippen molar-refractivity contribution in [3.8, 4) is 0 Å². The van der Waals surface area contributed by atoms with Crippen LogP contribution in [0.4, 0.5) is 5.95 Å². The lowest BCUT2D eigenvalue weighted by atomic mass is 10.2. The molecule has 1 N–H and O–H groups in total. The highest BCUT2D eigenvalue weighted by atomic mass is 16.2. The summed E-state index contributed by atoms with van der Waals surface area (Å²) in [6.07, 6.45) is 2.58.